The lowest BCUT2D eigenvalue weighted by molar-refractivity contribution is -0.137. The quantitative estimate of drug-likeness (QED) is 0.442. The minimum Gasteiger partial charge on any atom is -0.481 e. The number of aliphatic carboxylic acids is 1. The molecule has 0 bridgehead atoms. The largest absolute Gasteiger partial charge is 0.481 e. The monoisotopic (exact) mass is 451 g/mol. The molecule has 1 amide bonds. The van der Waals surface area contributed by atoms with Crippen molar-refractivity contribution in [2.75, 3.05) is 6.54 Å². The van der Waals surface area contributed by atoms with Crippen LogP contribution >= 0.6 is 15.9 Å². The second-order valence-corrected chi connectivity index (χ2v) is 8.22. The minimum absolute atomic E-state index is 0.0825. The van der Waals surface area contributed by atoms with Gasteiger partial charge in [-0.05, 0) is 54.2 Å². The number of carboxylic acid groups (broad SMARTS) is 1. The average Bonchev–Trinajstić information content (AvgIpc) is 2.95. The highest BCUT2D eigenvalue weighted by Gasteiger charge is 2.17. The summed E-state index contributed by atoms with van der Waals surface area (Å²) in [6.45, 7) is 4.52. The van der Waals surface area contributed by atoms with E-state index in [9.17, 15) is 9.59 Å². The smallest absolute Gasteiger partial charge is 0.303 e. The van der Waals surface area contributed by atoms with Crippen molar-refractivity contribution in [3.63, 3.8) is 0 Å². The highest BCUT2D eigenvalue weighted by Crippen LogP contribution is 2.20. The zero-order chi connectivity index (χ0) is 20.5. The van der Waals surface area contributed by atoms with E-state index in [4.69, 9.17) is 5.11 Å². The standard InChI is InChI=1S/C21H30BrN3O3/c1-15-13-17(22)14-25-19(16(2)24-20(15)25)21(28)23-12-10-8-6-4-3-5-7-9-11-18(26)27/h13-14H,3-12H2,1-2H3,(H,23,28)(H,26,27). The number of carboxylic acids is 1. The number of amides is 1. The van der Waals surface area contributed by atoms with Crippen LogP contribution in [0.5, 0.6) is 0 Å². The summed E-state index contributed by atoms with van der Waals surface area (Å²) < 4.78 is 2.78. The van der Waals surface area contributed by atoms with Crippen LogP contribution in [0, 0.1) is 13.8 Å². The van der Waals surface area contributed by atoms with Crippen LogP contribution in [0.3, 0.4) is 0 Å². The molecule has 0 spiro atoms. The SMILES string of the molecule is Cc1nc2c(C)cc(Br)cn2c1C(=O)NCCCCCCCCCCC(=O)O. The summed E-state index contributed by atoms with van der Waals surface area (Å²) in [6.07, 6.45) is 10.6. The molecule has 6 nitrogen and oxygen atoms in total. The summed E-state index contributed by atoms with van der Waals surface area (Å²) in [6, 6.07) is 2.00. The highest BCUT2D eigenvalue weighted by atomic mass is 79.9. The van der Waals surface area contributed by atoms with E-state index >= 15 is 0 Å². The van der Waals surface area contributed by atoms with Gasteiger partial charge >= 0.3 is 5.97 Å². The first-order valence-electron chi connectivity index (χ1n) is 10.0. The number of imidazole rings is 1. The molecule has 2 N–H and O–H groups in total. The predicted octanol–water partition coefficient (Wildman–Crippen LogP) is 5.04. The maximum absolute atomic E-state index is 12.6. The van der Waals surface area contributed by atoms with E-state index in [0.29, 0.717) is 12.2 Å². The van der Waals surface area contributed by atoms with Gasteiger partial charge in [0.05, 0.1) is 5.69 Å². The fraction of sp³-hybridized carbons (Fsp3) is 0.571. The fourth-order valence-corrected chi connectivity index (χ4v) is 3.95. The number of nitrogens with one attached hydrogen (secondary N) is 1. The molecule has 0 unspecified atom stereocenters. The molecule has 2 rings (SSSR count). The lowest BCUT2D eigenvalue weighted by Gasteiger charge is -2.07. The Bertz CT molecular complexity index is 817. The molecule has 0 fully saturated rings. The van der Waals surface area contributed by atoms with Crippen LogP contribution in [0.2, 0.25) is 0 Å². The van der Waals surface area contributed by atoms with Crippen molar-refractivity contribution in [1.82, 2.24) is 14.7 Å². The van der Waals surface area contributed by atoms with Crippen molar-refractivity contribution in [3.8, 4) is 0 Å². The Labute approximate surface area is 174 Å². The molecule has 7 heteroatoms. The molecule has 0 aliphatic rings. The van der Waals surface area contributed by atoms with Crippen molar-refractivity contribution in [3.05, 3.63) is 33.7 Å². The van der Waals surface area contributed by atoms with E-state index < -0.39 is 5.97 Å². The number of fused-ring (bicyclic) bond motifs is 1. The van der Waals surface area contributed by atoms with Crippen LogP contribution in [-0.4, -0.2) is 32.9 Å². The molecule has 0 aliphatic carbocycles. The van der Waals surface area contributed by atoms with Gasteiger partial charge in [0.1, 0.15) is 11.3 Å². The van der Waals surface area contributed by atoms with Gasteiger partial charge in [0.2, 0.25) is 0 Å². The molecule has 0 aromatic carbocycles. The van der Waals surface area contributed by atoms with Crippen molar-refractivity contribution < 1.29 is 14.7 Å². The zero-order valence-electron chi connectivity index (χ0n) is 16.8. The van der Waals surface area contributed by atoms with Crippen LogP contribution in [0.15, 0.2) is 16.7 Å². The van der Waals surface area contributed by atoms with Crippen LogP contribution in [0.1, 0.15) is 79.5 Å². The van der Waals surface area contributed by atoms with Crippen molar-refractivity contribution in [1.29, 1.82) is 0 Å². The molecule has 2 aromatic heterocycles. The van der Waals surface area contributed by atoms with Crippen LogP contribution in [0.25, 0.3) is 5.65 Å². The first kappa shape index (κ1) is 22.4. The molecule has 154 valence electrons. The summed E-state index contributed by atoms with van der Waals surface area (Å²) in [5.41, 5.74) is 3.18. The Morgan fingerprint density at radius 2 is 1.68 bits per heavy atom. The van der Waals surface area contributed by atoms with Crippen LogP contribution in [-0.2, 0) is 4.79 Å². The summed E-state index contributed by atoms with van der Waals surface area (Å²) in [4.78, 5) is 27.6. The first-order chi connectivity index (χ1) is 13.4. The highest BCUT2D eigenvalue weighted by molar-refractivity contribution is 9.10. The van der Waals surface area contributed by atoms with Gasteiger partial charge in [0.15, 0.2) is 0 Å². The third-order valence-corrected chi connectivity index (χ3v) is 5.30. The van der Waals surface area contributed by atoms with Crippen LogP contribution in [0.4, 0.5) is 0 Å². The number of hydrogen-bond acceptors (Lipinski definition) is 3. The molecule has 0 saturated heterocycles. The van der Waals surface area contributed by atoms with E-state index in [2.05, 4.69) is 26.2 Å². The Balaban J connectivity index is 1.66. The van der Waals surface area contributed by atoms with E-state index in [1.54, 1.807) is 0 Å². The average molecular weight is 452 g/mol. The van der Waals surface area contributed by atoms with Crippen molar-refractivity contribution in [2.45, 2.75) is 71.6 Å². The van der Waals surface area contributed by atoms with Gasteiger partial charge in [0.25, 0.3) is 5.91 Å². The molecular formula is C21H30BrN3O3. The number of aromatic nitrogens is 2. The Kier molecular flexibility index (Phi) is 8.96. The predicted molar refractivity (Wildman–Crippen MR) is 114 cm³/mol. The Hall–Kier alpha value is -1.89. The number of aryl methyl sites for hydroxylation is 2. The number of carbonyl (C=O) groups is 2. The lowest BCUT2D eigenvalue weighted by Crippen LogP contribution is -2.26. The van der Waals surface area contributed by atoms with E-state index in [-0.39, 0.29) is 12.3 Å². The van der Waals surface area contributed by atoms with Crippen molar-refractivity contribution >= 4 is 33.5 Å². The maximum Gasteiger partial charge on any atom is 0.303 e. The van der Waals surface area contributed by atoms with Crippen molar-refractivity contribution in [2.24, 2.45) is 0 Å². The Morgan fingerprint density at radius 3 is 2.32 bits per heavy atom. The first-order valence-corrected chi connectivity index (χ1v) is 10.8. The van der Waals surface area contributed by atoms with Gasteiger partial charge in [-0.15, -0.1) is 0 Å². The number of carbonyl (C=O) groups excluding carboxylic acids is 1. The van der Waals surface area contributed by atoms with Crippen LogP contribution < -0.4 is 5.32 Å². The third-order valence-electron chi connectivity index (χ3n) is 4.86. The molecule has 2 aromatic rings. The molecule has 0 saturated carbocycles. The lowest BCUT2D eigenvalue weighted by atomic mass is 10.1. The summed E-state index contributed by atoms with van der Waals surface area (Å²) in [5, 5.41) is 11.6. The van der Waals surface area contributed by atoms with Gasteiger partial charge in [-0.2, -0.15) is 0 Å². The summed E-state index contributed by atoms with van der Waals surface area (Å²) in [5.74, 6) is -0.787. The number of pyridine rings is 1. The van der Waals surface area contributed by atoms with Gasteiger partial charge < -0.3 is 10.4 Å². The Morgan fingerprint density at radius 1 is 1.07 bits per heavy atom. The van der Waals surface area contributed by atoms with E-state index in [1.807, 2.05) is 30.5 Å². The molecular weight excluding hydrogens is 422 g/mol. The molecule has 0 radical (unpaired) electrons. The van der Waals surface area contributed by atoms with Gasteiger partial charge in [-0.1, -0.05) is 38.5 Å². The number of hydrogen-bond donors (Lipinski definition) is 2. The van der Waals surface area contributed by atoms with Gasteiger partial charge in [0, 0.05) is 23.6 Å². The molecule has 28 heavy (non-hydrogen) atoms. The minimum atomic E-state index is -0.705. The second-order valence-electron chi connectivity index (χ2n) is 7.31. The summed E-state index contributed by atoms with van der Waals surface area (Å²) in [7, 11) is 0. The van der Waals surface area contributed by atoms with E-state index in [1.165, 1.54) is 6.42 Å². The number of nitrogens with zero attached hydrogens (tertiary/aromatic N) is 2. The molecule has 0 atom stereocenters. The van der Waals surface area contributed by atoms with Gasteiger partial charge in [-0.3, -0.25) is 14.0 Å². The second kappa shape index (κ2) is 11.2. The normalized spacial score (nSPS) is 11.1. The third kappa shape index (κ3) is 6.62. The fourth-order valence-electron chi connectivity index (χ4n) is 3.40. The summed E-state index contributed by atoms with van der Waals surface area (Å²) >= 11 is 3.48. The number of rotatable bonds is 12. The van der Waals surface area contributed by atoms with Gasteiger partial charge in [-0.25, -0.2) is 4.98 Å². The zero-order valence-corrected chi connectivity index (χ0v) is 18.3. The van der Waals surface area contributed by atoms with E-state index in [0.717, 1.165) is 66.3 Å². The topological polar surface area (TPSA) is 83.7 Å². The maximum atomic E-state index is 12.6. The molecule has 0 aliphatic heterocycles. The number of halogens is 1. The number of unbranched alkanes of at least 4 members (excludes halogenated alkanes) is 7. The molecule has 2 heterocycles.